The lowest BCUT2D eigenvalue weighted by Crippen LogP contribution is -2.48. The number of rotatable bonds is 7. The van der Waals surface area contributed by atoms with Crippen molar-refractivity contribution >= 4 is 26.5 Å². The zero-order valence-electron chi connectivity index (χ0n) is 19.7. The first-order valence-corrected chi connectivity index (χ1v) is 14.1. The quantitative estimate of drug-likeness (QED) is 0.511. The number of imidazole rings is 1. The van der Waals surface area contributed by atoms with Crippen LogP contribution in [0.25, 0.3) is 0 Å². The van der Waals surface area contributed by atoms with E-state index in [4.69, 9.17) is 0 Å². The lowest BCUT2D eigenvalue weighted by Gasteiger charge is -2.34. The number of sulfonamides is 1. The van der Waals surface area contributed by atoms with Crippen LogP contribution in [-0.4, -0.2) is 84.5 Å². The molecule has 35 heavy (non-hydrogen) atoms. The number of hydrogen-bond donors (Lipinski definition) is 1. The number of aromatic nitrogens is 3. The second-order valence-electron chi connectivity index (χ2n) is 8.90. The number of anilines is 1. The van der Waals surface area contributed by atoms with Gasteiger partial charge in [-0.1, -0.05) is 23.5 Å². The molecule has 0 aliphatic carbocycles. The topological polar surface area (TPSA) is 86.6 Å². The number of hydrogen-bond acceptors (Lipinski definition) is 8. The van der Waals surface area contributed by atoms with Crippen molar-refractivity contribution in [2.45, 2.75) is 23.7 Å². The number of nitrogens with one attached hydrogen (secondary N) is 1. The van der Waals surface area contributed by atoms with Gasteiger partial charge in [-0.25, -0.2) is 22.8 Å². The first-order valence-electron chi connectivity index (χ1n) is 11.8. The lowest BCUT2D eigenvalue weighted by atomic mass is 10.1. The molecule has 2 aromatic heterocycles. The molecule has 0 spiro atoms. The molecule has 0 unspecified atom stereocenters. The van der Waals surface area contributed by atoms with E-state index in [1.807, 2.05) is 6.20 Å². The van der Waals surface area contributed by atoms with Crippen molar-refractivity contribution in [2.75, 3.05) is 57.3 Å². The van der Waals surface area contributed by atoms with Gasteiger partial charge >= 0.3 is 0 Å². The molecule has 3 aromatic rings. The van der Waals surface area contributed by atoms with Crippen LogP contribution in [0.3, 0.4) is 0 Å². The summed E-state index contributed by atoms with van der Waals surface area (Å²) in [6, 6.07) is 6.54. The third-order valence-electron chi connectivity index (χ3n) is 6.69. The number of halogens is 1. The van der Waals surface area contributed by atoms with Gasteiger partial charge in [-0.05, 0) is 24.6 Å². The van der Waals surface area contributed by atoms with E-state index in [-0.39, 0.29) is 11.9 Å². The molecule has 2 aliphatic rings. The summed E-state index contributed by atoms with van der Waals surface area (Å²) in [5.74, 6) is -0.252. The molecule has 0 amide bonds. The van der Waals surface area contributed by atoms with Crippen LogP contribution in [0.5, 0.6) is 0 Å². The Balaban J connectivity index is 1.20. The van der Waals surface area contributed by atoms with Gasteiger partial charge in [-0.3, -0.25) is 4.90 Å². The zero-order chi connectivity index (χ0) is 24.4. The van der Waals surface area contributed by atoms with Crippen LogP contribution in [-0.2, 0) is 16.6 Å². The molecule has 0 radical (unpaired) electrons. The summed E-state index contributed by atoms with van der Waals surface area (Å²) in [6.45, 7) is 8.31. The highest BCUT2D eigenvalue weighted by atomic mass is 32.2. The summed E-state index contributed by atoms with van der Waals surface area (Å²) < 4.78 is 43.8. The van der Waals surface area contributed by atoms with E-state index in [0.717, 1.165) is 42.6 Å². The van der Waals surface area contributed by atoms with Gasteiger partial charge < -0.3 is 14.8 Å². The summed E-state index contributed by atoms with van der Waals surface area (Å²) in [4.78, 5) is 13.1. The number of thiazole rings is 1. The molecule has 188 valence electrons. The van der Waals surface area contributed by atoms with E-state index in [9.17, 15) is 12.8 Å². The van der Waals surface area contributed by atoms with Crippen LogP contribution in [0.15, 0.2) is 47.2 Å². The SMILES string of the molecule is C[C@H](c1ccc(F)cc1)n1cncc1CN1CCN(S(=O)(=O)c2cnc(N3CCNCC3)s2)CC1. The second kappa shape index (κ2) is 10.3. The highest BCUT2D eigenvalue weighted by molar-refractivity contribution is 7.91. The predicted octanol–water partition coefficient (Wildman–Crippen LogP) is 2.00. The van der Waals surface area contributed by atoms with E-state index in [1.54, 1.807) is 22.8 Å². The molecule has 0 bridgehead atoms. The molecular weight excluding hydrogens is 489 g/mol. The molecule has 2 aliphatic heterocycles. The van der Waals surface area contributed by atoms with Gasteiger partial charge in [-0.15, -0.1) is 0 Å². The molecule has 1 atom stereocenters. The summed E-state index contributed by atoms with van der Waals surface area (Å²) in [5.41, 5.74) is 2.05. The van der Waals surface area contributed by atoms with Crippen molar-refractivity contribution in [1.82, 2.24) is 29.1 Å². The van der Waals surface area contributed by atoms with E-state index in [2.05, 4.69) is 36.6 Å². The average Bonchev–Trinajstić information content (AvgIpc) is 3.56. The summed E-state index contributed by atoms with van der Waals surface area (Å²) in [7, 11) is -3.55. The smallest absolute Gasteiger partial charge is 0.254 e. The van der Waals surface area contributed by atoms with Crippen LogP contribution in [0.2, 0.25) is 0 Å². The lowest BCUT2D eigenvalue weighted by molar-refractivity contribution is 0.178. The fourth-order valence-corrected chi connectivity index (χ4v) is 7.31. The van der Waals surface area contributed by atoms with Crippen molar-refractivity contribution in [3.8, 4) is 0 Å². The molecule has 2 fully saturated rings. The summed E-state index contributed by atoms with van der Waals surface area (Å²) >= 11 is 1.26. The Labute approximate surface area is 209 Å². The van der Waals surface area contributed by atoms with Gasteiger partial charge in [0.05, 0.1) is 24.3 Å². The molecule has 2 saturated heterocycles. The largest absolute Gasteiger partial charge is 0.346 e. The van der Waals surface area contributed by atoms with Gasteiger partial charge in [0.25, 0.3) is 10.0 Å². The minimum absolute atomic E-state index is 0.0194. The van der Waals surface area contributed by atoms with Crippen molar-refractivity contribution in [3.63, 3.8) is 0 Å². The monoisotopic (exact) mass is 519 g/mol. The summed E-state index contributed by atoms with van der Waals surface area (Å²) in [6.07, 6.45) is 5.14. The molecule has 5 rings (SSSR count). The standard InChI is InChI=1S/C23H30FN7O2S2/c1-18(19-2-4-20(24)5-3-19)31-17-26-14-21(31)16-28-10-12-30(13-11-28)35(32,33)22-15-27-23(34-22)29-8-6-25-7-9-29/h2-5,14-15,17-18,25H,6-13,16H2,1H3/t18-/m1/s1. The maximum absolute atomic E-state index is 13.3. The van der Waals surface area contributed by atoms with Gasteiger partial charge in [0.2, 0.25) is 0 Å². The van der Waals surface area contributed by atoms with E-state index >= 15 is 0 Å². The van der Waals surface area contributed by atoms with Crippen molar-refractivity contribution < 1.29 is 12.8 Å². The Kier molecular flexibility index (Phi) is 7.17. The van der Waals surface area contributed by atoms with Crippen molar-refractivity contribution in [2.24, 2.45) is 0 Å². The molecule has 1 aromatic carbocycles. The third kappa shape index (κ3) is 5.26. The van der Waals surface area contributed by atoms with Gasteiger partial charge in [-0.2, -0.15) is 4.31 Å². The Morgan fingerprint density at radius 2 is 1.77 bits per heavy atom. The van der Waals surface area contributed by atoms with Gasteiger partial charge in [0.15, 0.2) is 9.34 Å². The maximum atomic E-state index is 13.3. The Morgan fingerprint density at radius 3 is 2.49 bits per heavy atom. The maximum Gasteiger partial charge on any atom is 0.254 e. The molecular formula is C23H30FN7O2S2. The van der Waals surface area contributed by atoms with Gasteiger partial charge in [0.1, 0.15) is 5.82 Å². The van der Waals surface area contributed by atoms with Crippen LogP contribution >= 0.6 is 11.3 Å². The van der Waals surface area contributed by atoms with Crippen LogP contribution in [0.1, 0.15) is 24.2 Å². The van der Waals surface area contributed by atoms with E-state index < -0.39 is 10.0 Å². The van der Waals surface area contributed by atoms with Crippen LogP contribution in [0, 0.1) is 5.82 Å². The van der Waals surface area contributed by atoms with Crippen LogP contribution in [0.4, 0.5) is 9.52 Å². The highest BCUT2D eigenvalue weighted by Crippen LogP contribution is 2.29. The van der Waals surface area contributed by atoms with Crippen LogP contribution < -0.4 is 10.2 Å². The molecule has 1 N–H and O–H groups in total. The molecule has 4 heterocycles. The Morgan fingerprint density at radius 1 is 1.06 bits per heavy atom. The van der Waals surface area contributed by atoms with Gasteiger partial charge in [0, 0.05) is 65.1 Å². The summed E-state index contributed by atoms with van der Waals surface area (Å²) in [5, 5.41) is 4.07. The normalized spacial score (nSPS) is 19.2. The molecule has 0 saturated carbocycles. The molecule has 12 heteroatoms. The minimum atomic E-state index is -3.55. The second-order valence-corrected chi connectivity index (χ2v) is 12.1. The zero-order valence-corrected chi connectivity index (χ0v) is 21.3. The van der Waals surface area contributed by atoms with E-state index in [0.29, 0.717) is 36.9 Å². The fraction of sp³-hybridized carbons (Fsp3) is 0.478. The number of piperazine rings is 2. The minimum Gasteiger partial charge on any atom is -0.346 e. The first kappa shape index (κ1) is 24.3. The number of nitrogens with zero attached hydrogens (tertiary/aromatic N) is 6. The highest BCUT2D eigenvalue weighted by Gasteiger charge is 2.31. The Bertz CT molecular complexity index is 1230. The third-order valence-corrected chi connectivity index (χ3v) is 10.1. The molecule has 9 nitrogen and oxygen atoms in total. The average molecular weight is 520 g/mol. The van der Waals surface area contributed by atoms with Crippen molar-refractivity contribution in [3.05, 3.63) is 60.1 Å². The fourth-order valence-electron chi connectivity index (χ4n) is 4.56. The number of benzene rings is 1. The first-order chi connectivity index (χ1) is 16.9. The van der Waals surface area contributed by atoms with E-state index in [1.165, 1.54) is 29.7 Å². The van der Waals surface area contributed by atoms with Crippen molar-refractivity contribution in [1.29, 1.82) is 0 Å². The Hall–Kier alpha value is -2.38. The predicted molar refractivity (Wildman–Crippen MR) is 134 cm³/mol.